The Labute approximate surface area is 219 Å². The fourth-order valence-electron chi connectivity index (χ4n) is 7.32. The van der Waals surface area contributed by atoms with Crippen LogP contribution in [-0.2, 0) is 4.79 Å². The maximum atomic E-state index is 12.4. The quantitative estimate of drug-likeness (QED) is 0.399. The Morgan fingerprint density at radius 1 is 1.19 bits per heavy atom. The first-order valence-electron chi connectivity index (χ1n) is 13.9. The van der Waals surface area contributed by atoms with E-state index in [1.165, 1.54) is 55.0 Å². The molecule has 4 heteroatoms. The molecule has 1 aromatic heterocycles. The van der Waals surface area contributed by atoms with Gasteiger partial charge in [0.15, 0.2) is 0 Å². The number of hydrogen-bond donors (Lipinski definition) is 0. The molecule has 4 nitrogen and oxygen atoms in total. The number of amides is 1. The Bertz CT molecular complexity index is 994. The maximum absolute atomic E-state index is 12.4. The van der Waals surface area contributed by atoms with Crippen molar-refractivity contribution >= 4 is 17.7 Å². The minimum absolute atomic E-state index is 0.196. The minimum atomic E-state index is 0.196. The summed E-state index contributed by atoms with van der Waals surface area (Å²) in [6.45, 7) is 15.3. The predicted molar refractivity (Wildman–Crippen MR) is 153 cm³/mol. The lowest BCUT2D eigenvalue weighted by Crippen LogP contribution is -2.49. The van der Waals surface area contributed by atoms with E-state index in [2.05, 4.69) is 62.5 Å². The van der Waals surface area contributed by atoms with Gasteiger partial charge in [-0.3, -0.25) is 14.8 Å². The molecule has 1 amide bonds. The standard InChI is InChI=1S/C25H32N2O.C4H7N.C3H8/c1-24-12-14-27(3)23(28)15-18(24)6-7-19-21-9-8-20(17-5-4-13-26-16-17)25(21,2)11-10-22(19)24;1-3-5-4-2;1-3-2/h4-5,8,13,15-16,19,21-22H,6-7,9-12,14H2,1-3H3;3-4H,1H2,2H3;3H2,1-2H3. The van der Waals surface area contributed by atoms with Crippen LogP contribution in [0.2, 0.25) is 0 Å². The zero-order chi connectivity index (χ0) is 26.3. The molecule has 0 spiro atoms. The predicted octanol–water partition coefficient (Wildman–Crippen LogP) is 7.74. The molecule has 3 aliphatic carbocycles. The topological polar surface area (TPSA) is 45.6 Å². The number of carbonyl (C=O) groups excluding carboxylic acids is 1. The molecular formula is C32H47N3O. The van der Waals surface area contributed by atoms with Crippen LogP contribution in [0.4, 0.5) is 0 Å². The second-order valence-electron chi connectivity index (χ2n) is 11.4. The van der Waals surface area contributed by atoms with Crippen LogP contribution in [0.3, 0.4) is 0 Å². The third-order valence-electron chi connectivity index (χ3n) is 9.18. The van der Waals surface area contributed by atoms with Gasteiger partial charge in [0.2, 0.25) is 5.91 Å². The van der Waals surface area contributed by atoms with Gasteiger partial charge in [-0.2, -0.15) is 0 Å². The molecule has 0 N–H and O–H groups in total. The van der Waals surface area contributed by atoms with Crippen molar-refractivity contribution in [3.05, 3.63) is 60.6 Å². The largest absolute Gasteiger partial charge is 0.342 e. The summed E-state index contributed by atoms with van der Waals surface area (Å²) in [6, 6.07) is 4.30. The van der Waals surface area contributed by atoms with E-state index < -0.39 is 0 Å². The smallest absolute Gasteiger partial charge is 0.246 e. The molecule has 2 heterocycles. The third-order valence-corrected chi connectivity index (χ3v) is 9.18. The summed E-state index contributed by atoms with van der Waals surface area (Å²) in [5, 5.41) is 0. The fourth-order valence-corrected chi connectivity index (χ4v) is 7.32. The molecule has 0 bridgehead atoms. The molecule has 0 radical (unpaired) electrons. The molecule has 2 fully saturated rings. The van der Waals surface area contributed by atoms with Gasteiger partial charge >= 0.3 is 0 Å². The van der Waals surface area contributed by atoms with E-state index in [9.17, 15) is 4.79 Å². The summed E-state index contributed by atoms with van der Waals surface area (Å²) in [4.78, 5) is 22.3. The van der Waals surface area contributed by atoms with Crippen LogP contribution in [0.15, 0.2) is 60.0 Å². The zero-order valence-electron chi connectivity index (χ0n) is 23.5. The average Bonchev–Trinajstić information content (AvgIpc) is 3.18. The molecule has 1 aromatic rings. The van der Waals surface area contributed by atoms with Gasteiger partial charge in [-0.15, -0.1) is 0 Å². The lowest BCUT2D eigenvalue weighted by Gasteiger charge is -2.57. The Morgan fingerprint density at radius 3 is 2.56 bits per heavy atom. The van der Waals surface area contributed by atoms with Crippen molar-refractivity contribution in [3.63, 3.8) is 0 Å². The lowest BCUT2D eigenvalue weighted by molar-refractivity contribution is -0.124. The highest BCUT2D eigenvalue weighted by atomic mass is 16.2. The summed E-state index contributed by atoms with van der Waals surface area (Å²) in [7, 11) is 1.95. The third kappa shape index (κ3) is 5.43. The molecule has 5 rings (SSSR count). The molecule has 5 unspecified atom stereocenters. The first-order valence-corrected chi connectivity index (χ1v) is 13.9. The molecule has 0 saturated heterocycles. The highest BCUT2D eigenvalue weighted by Gasteiger charge is 2.57. The van der Waals surface area contributed by atoms with E-state index >= 15 is 0 Å². The molecule has 4 aliphatic rings. The van der Waals surface area contributed by atoms with Crippen molar-refractivity contribution in [2.45, 2.75) is 79.6 Å². The number of rotatable bonds is 2. The second-order valence-corrected chi connectivity index (χ2v) is 11.4. The fraction of sp³-hybridized carbons (Fsp3) is 0.594. The molecule has 196 valence electrons. The van der Waals surface area contributed by atoms with Crippen molar-refractivity contribution in [3.8, 4) is 0 Å². The van der Waals surface area contributed by atoms with Crippen molar-refractivity contribution in [1.82, 2.24) is 9.88 Å². The van der Waals surface area contributed by atoms with Crippen LogP contribution in [0.1, 0.15) is 85.1 Å². The number of allylic oxidation sites excluding steroid dienone is 3. The Morgan fingerprint density at radius 2 is 1.94 bits per heavy atom. The van der Waals surface area contributed by atoms with E-state index in [1.807, 2.05) is 37.3 Å². The van der Waals surface area contributed by atoms with Crippen LogP contribution in [0.25, 0.3) is 5.57 Å². The Hall–Kier alpha value is -2.49. The van der Waals surface area contributed by atoms with Gasteiger partial charge in [0.25, 0.3) is 0 Å². The minimum Gasteiger partial charge on any atom is -0.342 e. The normalized spacial score (nSPS) is 32.9. The number of aliphatic imine (C=N–C) groups is 1. The zero-order valence-corrected chi connectivity index (χ0v) is 23.5. The summed E-state index contributed by atoms with van der Waals surface area (Å²) in [5.41, 5.74) is 4.76. The molecule has 2 saturated carbocycles. The van der Waals surface area contributed by atoms with Gasteiger partial charge in [-0.1, -0.05) is 58.4 Å². The monoisotopic (exact) mass is 489 g/mol. The van der Waals surface area contributed by atoms with Crippen molar-refractivity contribution in [2.24, 2.45) is 33.6 Å². The first kappa shape index (κ1) is 28.1. The van der Waals surface area contributed by atoms with E-state index in [0.29, 0.717) is 5.92 Å². The summed E-state index contributed by atoms with van der Waals surface area (Å²) < 4.78 is 0. The number of fused-ring (bicyclic) bond motifs is 5. The van der Waals surface area contributed by atoms with Crippen molar-refractivity contribution in [2.75, 3.05) is 13.6 Å². The average molecular weight is 490 g/mol. The molecule has 5 atom stereocenters. The second kappa shape index (κ2) is 12.2. The molecule has 1 aliphatic heterocycles. The number of nitrogens with zero attached hydrogens (tertiary/aromatic N) is 3. The SMILES string of the molecule is C=CN=CC.CCC.CN1CCC2(C)C(=CC1=O)CCC1C2CCC2(C)C(c3cccnc3)=CCC12. The van der Waals surface area contributed by atoms with Gasteiger partial charge in [0.1, 0.15) is 0 Å². The van der Waals surface area contributed by atoms with Crippen molar-refractivity contribution in [1.29, 1.82) is 0 Å². The van der Waals surface area contributed by atoms with Gasteiger partial charge in [-0.25, -0.2) is 0 Å². The van der Waals surface area contributed by atoms with Crippen LogP contribution in [-0.4, -0.2) is 35.6 Å². The van der Waals surface area contributed by atoms with Crippen LogP contribution in [0.5, 0.6) is 0 Å². The van der Waals surface area contributed by atoms with Gasteiger partial charge in [0.05, 0.1) is 0 Å². The van der Waals surface area contributed by atoms with Crippen LogP contribution in [0, 0.1) is 28.6 Å². The van der Waals surface area contributed by atoms with E-state index in [0.717, 1.165) is 31.2 Å². The highest BCUT2D eigenvalue weighted by molar-refractivity contribution is 5.88. The summed E-state index contributed by atoms with van der Waals surface area (Å²) in [5.74, 6) is 2.42. The van der Waals surface area contributed by atoms with Crippen molar-refractivity contribution < 1.29 is 4.79 Å². The lowest BCUT2D eigenvalue weighted by atomic mass is 9.47. The van der Waals surface area contributed by atoms with E-state index in [-0.39, 0.29) is 16.7 Å². The first-order chi connectivity index (χ1) is 17.3. The van der Waals surface area contributed by atoms with Gasteiger partial charge < -0.3 is 4.90 Å². The maximum Gasteiger partial charge on any atom is 0.246 e. The molecular weight excluding hydrogens is 442 g/mol. The van der Waals surface area contributed by atoms with Crippen LogP contribution < -0.4 is 0 Å². The number of aromatic nitrogens is 1. The van der Waals surface area contributed by atoms with Gasteiger partial charge in [-0.05, 0) is 91.2 Å². The molecule has 36 heavy (non-hydrogen) atoms. The summed E-state index contributed by atoms with van der Waals surface area (Å²) in [6.07, 6.45) is 20.1. The van der Waals surface area contributed by atoms with E-state index in [4.69, 9.17) is 0 Å². The van der Waals surface area contributed by atoms with Gasteiger partial charge in [0, 0.05) is 44.5 Å². The number of pyridine rings is 1. The molecule has 0 aromatic carbocycles. The van der Waals surface area contributed by atoms with E-state index in [1.54, 1.807) is 6.21 Å². The number of carbonyl (C=O) groups is 1. The highest BCUT2D eigenvalue weighted by Crippen LogP contribution is 2.66. The number of hydrogen-bond acceptors (Lipinski definition) is 3. The Kier molecular flexibility index (Phi) is 9.49. The summed E-state index contributed by atoms with van der Waals surface area (Å²) >= 11 is 0. The Balaban J connectivity index is 0.000000398. The van der Waals surface area contributed by atoms with Crippen LogP contribution >= 0.6 is 0 Å². The number of likely N-dealkylation sites (N-methyl/N-ethyl adjacent to an activating group) is 1.